The molecule has 5 heteroatoms. The molecule has 0 bridgehead atoms. The Morgan fingerprint density at radius 3 is 2.07 bits per heavy atom. The number of carboxylic acids is 1. The average molecular weight is 203 g/mol. The molecule has 0 aromatic carbocycles. The Morgan fingerprint density at radius 1 is 1.36 bits per heavy atom. The fraction of sp³-hybridized carbons (Fsp3) is 0.444. The molecular weight excluding hydrogens is 188 g/mol. The molecule has 0 aliphatic heterocycles. The van der Waals surface area contributed by atoms with E-state index in [-0.39, 0.29) is 13.2 Å². The van der Waals surface area contributed by atoms with Gasteiger partial charge in [0.1, 0.15) is 6.10 Å². The summed E-state index contributed by atoms with van der Waals surface area (Å²) in [6, 6.07) is 0. The number of aliphatic hydroxyl groups is 3. The van der Waals surface area contributed by atoms with Crippen LogP contribution in [0.2, 0.25) is 0 Å². The van der Waals surface area contributed by atoms with Crippen LogP contribution in [0.15, 0.2) is 24.3 Å². The standard InChI is InChI=1S/C6H8O2.C3H8O3/c1-2-3-4-5-6(7)8;4-1-3(6)2-5/h2-5H,1H3,(H,7,8);3-6H,1-2H2/p-1/b3-2+,5-4+;. The lowest BCUT2D eigenvalue weighted by Crippen LogP contribution is -2.18. The largest absolute Gasteiger partial charge is 0.545 e. The van der Waals surface area contributed by atoms with Crippen molar-refractivity contribution in [1.29, 1.82) is 0 Å². The van der Waals surface area contributed by atoms with Gasteiger partial charge in [0.2, 0.25) is 0 Å². The van der Waals surface area contributed by atoms with E-state index >= 15 is 0 Å². The van der Waals surface area contributed by atoms with Gasteiger partial charge in [0.15, 0.2) is 0 Å². The van der Waals surface area contributed by atoms with Crippen molar-refractivity contribution in [2.75, 3.05) is 13.2 Å². The van der Waals surface area contributed by atoms with Gasteiger partial charge in [0.05, 0.1) is 19.2 Å². The van der Waals surface area contributed by atoms with Crippen LogP contribution in [0.4, 0.5) is 0 Å². The fourth-order valence-electron chi connectivity index (χ4n) is 0.303. The first-order valence-corrected chi connectivity index (χ1v) is 3.98. The molecule has 0 rings (SSSR count). The van der Waals surface area contributed by atoms with E-state index in [1.165, 1.54) is 6.08 Å². The van der Waals surface area contributed by atoms with Crippen LogP contribution >= 0.6 is 0 Å². The Kier molecular flexibility index (Phi) is 12.9. The maximum atomic E-state index is 9.64. The molecule has 0 aliphatic carbocycles. The molecular formula is C9H15O5-. The van der Waals surface area contributed by atoms with Crippen LogP contribution in [0.3, 0.4) is 0 Å². The second-order valence-corrected chi connectivity index (χ2v) is 2.22. The van der Waals surface area contributed by atoms with Crippen molar-refractivity contribution in [2.45, 2.75) is 13.0 Å². The zero-order valence-electron chi connectivity index (χ0n) is 7.96. The van der Waals surface area contributed by atoms with Gasteiger partial charge in [-0.15, -0.1) is 0 Å². The zero-order valence-corrected chi connectivity index (χ0v) is 7.96. The van der Waals surface area contributed by atoms with E-state index in [1.54, 1.807) is 19.1 Å². The highest BCUT2D eigenvalue weighted by atomic mass is 16.4. The Bertz CT molecular complexity index is 182. The van der Waals surface area contributed by atoms with Crippen LogP contribution in [0.25, 0.3) is 0 Å². The number of aliphatic carboxylic acids is 1. The lowest BCUT2D eigenvalue weighted by atomic mass is 10.4. The van der Waals surface area contributed by atoms with Crippen LogP contribution < -0.4 is 5.11 Å². The number of carbonyl (C=O) groups is 1. The van der Waals surface area contributed by atoms with Crippen molar-refractivity contribution >= 4 is 5.97 Å². The molecule has 0 unspecified atom stereocenters. The lowest BCUT2D eigenvalue weighted by molar-refractivity contribution is -0.297. The van der Waals surface area contributed by atoms with Gasteiger partial charge in [0, 0.05) is 0 Å². The van der Waals surface area contributed by atoms with Crippen molar-refractivity contribution in [1.82, 2.24) is 0 Å². The summed E-state index contributed by atoms with van der Waals surface area (Å²) in [5.41, 5.74) is 0. The molecule has 0 aliphatic rings. The van der Waals surface area contributed by atoms with E-state index in [2.05, 4.69) is 0 Å². The summed E-state index contributed by atoms with van der Waals surface area (Å²) in [6.45, 7) is 1.08. The highest BCUT2D eigenvalue weighted by Gasteiger charge is 1.93. The summed E-state index contributed by atoms with van der Waals surface area (Å²) in [7, 11) is 0. The molecule has 5 nitrogen and oxygen atoms in total. The van der Waals surface area contributed by atoms with Gasteiger partial charge in [-0.25, -0.2) is 0 Å². The van der Waals surface area contributed by atoms with E-state index in [0.29, 0.717) is 0 Å². The predicted octanol–water partition coefficient (Wildman–Crippen LogP) is -1.80. The SMILES string of the molecule is C/C=C/C=C/C(=O)[O-].OCC(O)CO. The number of allylic oxidation sites excluding steroid dienone is 3. The van der Waals surface area contributed by atoms with Crippen LogP contribution in [0.1, 0.15) is 6.92 Å². The van der Waals surface area contributed by atoms with Crippen LogP contribution in [-0.2, 0) is 4.79 Å². The Labute approximate surface area is 82.6 Å². The van der Waals surface area contributed by atoms with Gasteiger partial charge in [-0.2, -0.15) is 0 Å². The third-order valence-corrected chi connectivity index (χ3v) is 0.957. The smallest absolute Gasteiger partial charge is 0.100 e. The van der Waals surface area contributed by atoms with Crippen LogP contribution in [0, 0.1) is 0 Å². The van der Waals surface area contributed by atoms with Gasteiger partial charge in [-0.1, -0.05) is 18.2 Å². The van der Waals surface area contributed by atoms with Crippen LogP contribution in [0.5, 0.6) is 0 Å². The lowest BCUT2D eigenvalue weighted by Gasteiger charge is -1.96. The summed E-state index contributed by atoms with van der Waals surface area (Å²) in [6.07, 6.45) is 4.79. The first kappa shape index (κ1) is 15.3. The summed E-state index contributed by atoms with van der Waals surface area (Å²) >= 11 is 0. The summed E-state index contributed by atoms with van der Waals surface area (Å²) in [5.74, 6) is -1.16. The average Bonchev–Trinajstić information content (AvgIpc) is 2.17. The molecule has 0 atom stereocenters. The molecule has 0 spiro atoms. The van der Waals surface area contributed by atoms with Gasteiger partial charge in [-0.05, 0) is 13.0 Å². The molecule has 0 saturated heterocycles. The maximum Gasteiger partial charge on any atom is 0.100 e. The number of aliphatic hydroxyl groups excluding tert-OH is 3. The third-order valence-electron chi connectivity index (χ3n) is 0.957. The highest BCUT2D eigenvalue weighted by molar-refractivity contribution is 5.77. The highest BCUT2D eigenvalue weighted by Crippen LogP contribution is 1.73. The van der Waals surface area contributed by atoms with Crippen molar-refractivity contribution in [3.05, 3.63) is 24.3 Å². The Balaban J connectivity index is 0. The number of carboxylic acid groups (broad SMARTS) is 1. The number of carbonyl (C=O) groups excluding carboxylic acids is 1. The number of hydrogen-bond donors (Lipinski definition) is 3. The second kappa shape index (κ2) is 11.8. The molecule has 0 saturated carbocycles. The van der Waals surface area contributed by atoms with Gasteiger partial charge in [0.25, 0.3) is 0 Å². The van der Waals surface area contributed by atoms with E-state index in [9.17, 15) is 9.90 Å². The quantitative estimate of drug-likeness (QED) is 0.369. The van der Waals surface area contributed by atoms with Crippen molar-refractivity contribution < 1.29 is 25.2 Å². The number of hydrogen-bond acceptors (Lipinski definition) is 5. The van der Waals surface area contributed by atoms with E-state index < -0.39 is 12.1 Å². The molecule has 0 amide bonds. The normalized spacial score (nSPS) is 10.6. The van der Waals surface area contributed by atoms with E-state index in [0.717, 1.165) is 6.08 Å². The third kappa shape index (κ3) is 17.1. The van der Waals surface area contributed by atoms with Crippen LogP contribution in [-0.4, -0.2) is 40.6 Å². The summed E-state index contributed by atoms with van der Waals surface area (Å²) in [4.78, 5) is 9.64. The minimum atomic E-state index is -1.16. The Hall–Kier alpha value is -1.17. The maximum absolute atomic E-state index is 9.64. The predicted molar refractivity (Wildman–Crippen MR) is 49.1 cm³/mol. The van der Waals surface area contributed by atoms with Crippen molar-refractivity contribution in [3.63, 3.8) is 0 Å². The van der Waals surface area contributed by atoms with E-state index in [4.69, 9.17) is 15.3 Å². The molecule has 0 heterocycles. The molecule has 0 fully saturated rings. The summed E-state index contributed by atoms with van der Waals surface area (Å²) < 4.78 is 0. The van der Waals surface area contributed by atoms with Crippen molar-refractivity contribution in [2.24, 2.45) is 0 Å². The van der Waals surface area contributed by atoms with Gasteiger partial charge in [-0.3, -0.25) is 0 Å². The first-order chi connectivity index (χ1) is 6.58. The van der Waals surface area contributed by atoms with Gasteiger partial charge < -0.3 is 25.2 Å². The molecule has 0 radical (unpaired) electrons. The Morgan fingerprint density at radius 2 is 1.86 bits per heavy atom. The molecule has 82 valence electrons. The van der Waals surface area contributed by atoms with Gasteiger partial charge >= 0.3 is 0 Å². The zero-order chi connectivity index (χ0) is 11.4. The first-order valence-electron chi connectivity index (χ1n) is 3.98. The summed E-state index contributed by atoms with van der Waals surface area (Å²) in [5, 5.41) is 33.7. The molecule has 14 heavy (non-hydrogen) atoms. The fourth-order valence-corrected chi connectivity index (χ4v) is 0.303. The number of rotatable bonds is 4. The molecule has 0 aromatic rings. The topological polar surface area (TPSA) is 101 Å². The van der Waals surface area contributed by atoms with Crippen molar-refractivity contribution in [3.8, 4) is 0 Å². The molecule has 3 N–H and O–H groups in total. The minimum Gasteiger partial charge on any atom is -0.545 e. The minimum absolute atomic E-state index is 0.365. The monoisotopic (exact) mass is 203 g/mol. The van der Waals surface area contributed by atoms with E-state index in [1.807, 2.05) is 0 Å². The molecule has 0 aromatic heterocycles. The second-order valence-electron chi connectivity index (χ2n) is 2.22.